The highest BCUT2D eigenvalue weighted by molar-refractivity contribution is 8.76. The fourth-order valence-corrected chi connectivity index (χ4v) is 15.9. The molecule has 1 saturated heterocycles. The Balaban J connectivity index is 1.04. The first-order valence-electron chi connectivity index (χ1n) is 30.8. The van der Waals surface area contributed by atoms with Gasteiger partial charge in [-0.1, -0.05) is 77.1 Å². The zero-order chi connectivity index (χ0) is 72.2. The number of amides is 4. The summed E-state index contributed by atoms with van der Waals surface area (Å²) in [6.07, 6.45) is 2.38. The fourth-order valence-electron chi connectivity index (χ4n) is 10.7. The van der Waals surface area contributed by atoms with Crippen LogP contribution in [0.4, 0.5) is 5.82 Å². The lowest BCUT2D eigenvalue weighted by atomic mass is 9.72. The number of carboxylic acid groups (broad SMARTS) is 3. The quantitative estimate of drug-likeness (QED) is 0.0125. The van der Waals surface area contributed by atoms with Crippen LogP contribution in [-0.4, -0.2) is 177 Å². The molecule has 3 heterocycles. The molecule has 1 fully saturated rings. The SMILES string of the molecule is CCCc1cc2c(cc1C)C(c1ccccc1C(=O)N(C)CCCC(O)NC(CCCSSCCC(=O)NCC#Cc1cn([C@H]3CC[C@@H](COP(=O)(O)OP(=O)(O)OP(=O)(O)O)O3)c(=O)nc1N)C(=O)NC(CC(=O)O)C(=O)NC(CC(=O)O)C(=O)O)C1C=C(C)C(=NCC)C=C1O2. The van der Waals surface area contributed by atoms with E-state index >= 15 is 0 Å². The van der Waals surface area contributed by atoms with Crippen molar-refractivity contribution in [3.8, 4) is 17.6 Å². The first kappa shape index (κ1) is 79.9. The van der Waals surface area contributed by atoms with Gasteiger partial charge in [-0.2, -0.15) is 13.6 Å². The maximum Gasteiger partial charge on any atom is 0.490 e. The Hall–Kier alpha value is -7.09. The molecule has 3 aliphatic rings. The van der Waals surface area contributed by atoms with Gasteiger partial charge in [0.1, 0.15) is 41.9 Å². The number of fused-ring (bicyclic) bond motifs is 2. The van der Waals surface area contributed by atoms with E-state index in [4.69, 9.17) is 30.0 Å². The maximum absolute atomic E-state index is 14.6. The number of nitrogen functional groups attached to an aromatic ring is 1. The van der Waals surface area contributed by atoms with Crippen LogP contribution in [0.2, 0.25) is 0 Å². The number of rotatable bonds is 37. The van der Waals surface area contributed by atoms with Gasteiger partial charge >= 0.3 is 47.1 Å². The predicted molar refractivity (Wildman–Crippen MR) is 357 cm³/mol. The van der Waals surface area contributed by atoms with Crippen molar-refractivity contribution in [3.63, 3.8) is 0 Å². The Morgan fingerprint density at radius 2 is 1.57 bits per heavy atom. The minimum absolute atomic E-state index is 0.00763. The average Bonchev–Trinajstić information content (AvgIpc) is 0.814. The van der Waals surface area contributed by atoms with E-state index in [1.165, 1.54) is 32.7 Å². The minimum Gasteiger partial charge on any atom is -0.481 e. The number of aliphatic carboxylic acids is 3. The predicted octanol–water partition coefficient (Wildman–Crippen LogP) is 4.40. The molecule has 2 aliphatic heterocycles. The molecule has 33 nitrogen and oxygen atoms in total. The van der Waals surface area contributed by atoms with Crippen LogP contribution in [0.15, 0.2) is 75.9 Å². The highest BCUT2D eigenvalue weighted by Gasteiger charge is 2.43. The summed E-state index contributed by atoms with van der Waals surface area (Å²) in [5.41, 5.74) is 11.4. The number of phosphoric ester groups is 1. The van der Waals surface area contributed by atoms with Gasteiger partial charge in [0.05, 0.1) is 49.4 Å². The number of benzene rings is 2. The summed E-state index contributed by atoms with van der Waals surface area (Å²) in [6, 6.07) is 6.52. The number of aliphatic hydroxyl groups is 1. The van der Waals surface area contributed by atoms with Crippen molar-refractivity contribution in [2.75, 3.05) is 50.5 Å². The van der Waals surface area contributed by atoms with E-state index in [1.807, 2.05) is 37.4 Å². The van der Waals surface area contributed by atoms with E-state index in [1.54, 1.807) is 19.2 Å². The normalized spacial score (nSPS) is 19.4. The van der Waals surface area contributed by atoms with E-state index in [0.717, 1.165) is 56.7 Å². The van der Waals surface area contributed by atoms with Crippen LogP contribution in [-0.2, 0) is 66.8 Å². The summed E-state index contributed by atoms with van der Waals surface area (Å²) in [6.45, 7) is 7.98. The summed E-state index contributed by atoms with van der Waals surface area (Å²) in [5, 5.41) is 49.6. The standard InChI is InChI=1S/C60H80N9O24P3S2/c1-6-13-36-28-47-41(26-34(36)3)54(42-27-35(4)44(62-7-2)29-48(42)91-47)39-15-8-9-16-40(39)58(78)68(5)23-11-18-50(71)64-43(56(76)65-45(30-52(72)73)57(77)66-46(59(79)80)31-53(74)75)17-12-24-97-98-25-21-49(70)63-22-10-14-37-32-69(60(81)67-55(37)61)51-20-19-38(90-51)33-89-95(85,86)93-96(87,88)92-94(82,83)84/h8-9,15-16,26-29,32,38,42-43,45-46,50-51,54,64,71H,6-7,11-13,17-25,30-31,33H2,1-5H3,(H,63,70)(H,65,76)(H,66,77)(H,72,73)(H,74,75)(H,79,80)(H,85,86)(H,87,88)(H2,61,67,81)(H2,82,83,84)/t38-,42?,43?,45?,46?,50?,51+,54?/m0/s1. The number of nitrogens with one attached hydrogen (secondary N) is 4. The van der Waals surface area contributed by atoms with Gasteiger partial charge in [-0.15, -0.1) is 0 Å². The molecule has 0 bridgehead atoms. The number of carbonyl (C=O) groups is 7. The fraction of sp³-hybridized carbons (Fsp3) is 0.500. The van der Waals surface area contributed by atoms with Gasteiger partial charge < -0.3 is 76.1 Å². The summed E-state index contributed by atoms with van der Waals surface area (Å²) in [7, 11) is -12.5. The third-order valence-corrected chi connectivity index (χ3v) is 21.6. The Morgan fingerprint density at radius 3 is 2.26 bits per heavy atom. The summed E-state index contributed by atoms with van der Waals surface area (Å²) < 4.78 is 60.1. The van der Waals surface area contributed by atoms with Crippen molar-refractivity contribution in [2.45, 2.75) is 141 Å². The lowest BCUT2D eigenvalue weighted by Crippen LogP contribution is -2.57. The van der Waals surface area contributed by atoms with Crippen LogP contribution in [0.3, 0.4) is 0 Å². The molecule has 98 heavy (non-hydrogen) atoms. The zero-order valence-electron chi connectivity index (χ0n) is 54.0. The Bertz CT molecular complexity index is 3820. The van der Waals surface area contributed by atoms with Crippen LogP contribution in [0, 0.1) is 24.7 Å². The number of nitrogens with zero attached hydrogens (tertiary/aromatic N) is 4. The van der Waals surface area contributed by atoms with E-state index in [9.17, 15) is 82.3 Å². The maximum atomic E-state index is 14.6. The number of anilines is 1. The van der Waals surface area contributed by atoms with E-state index in [2.05, 4.69) is 78.0 Å². The number of aryl methyl sites for hydroxylation is 2. The Labute approximate surface area is 571 Å². The molecule has 4 amide bonds. The van der Waals surface area contributed by atoms with Gasteiger partial charge in [0.2, 0.25) is 17.7 Å². The van der Waals surface area contributed by atoms with Gasteiger partial charge in [-0.3, -0.25) is 48.2 Å². The van der Waals surface area contributed by atoms with Crippen molar-refractivity contribution < 1.29 is 110 Å². The summed E-state index contributed by atoms with van der Waals surface area (Å²) in [5.74, 6) is -1.08. The number of nitrogens with two attached hydrogens (primary N) is 1. The van der Waals surface area contributed by atoms with Crippen LogP contribution in [0.25, 0.3) is 0 Å². The smallest absolute Gasteiger partial charge is 0.481 e. The first-order chi connectivity index (χ1) is 46.2. The molecule has 0 spiro atoms. The molecular formula is C60H80N9O24P3S2. The Kier molecular flexibility index (Phi) is 30.0. The van der Waals surface area contributed by atoms with Crippen LogP contribution in [0.1, 0.15) is 135 Å². The highest BCUT2D eigenvalue weighted by atomic mass is 33.1. The molecule has 8 unspecified atom stereocenters. The van der Waals surface area contributed by atoms with Crippen molar-refractivity contribution in [1.82, 2.24) is 35.7 Å². The number of carboxylic acids is 3. The van der Waals surface area contributed by atoms with Crippen molar-refractivity contribution in [2.24, 2.45) is 10.9 Å². The van der Waals surface area contributed by atoms with Gasteiger partial charge in [-0.25, -0.2) is 23.3 Å². The van der Waals surface area contributed by atoms with Gasteiger partial charge in [0, 0.05) is 73.3 Å². The third-order valence-electron chi connectivity index (χ3n) is 15.3. The molecule has 536 valence electrons. The number of carbonyl (C=O) groups excluding carboxylic acids is 4. The van der Waals surface area contributed by atoms with Crippen LogP contribution < -0.4 is 37.4 Å². The van der Waals surface area contributed by atoms with E-state index in [-0.39, 0.29) is 87.2 Å². The molecule has 3 aromatic rings. The van der Waals surface area contributed by atoms with Gasteiger partial charge in [-0.05, 0) is 100 Å². The molecule has 0 saturated carbocycles. The summed E-state index contributed by atoms with van der Waals surface area (Å²) in [4.78, 5) is 149. The number of aliphatic imine (C=N–C) groups is 1. The van der Waals surface area contributed by atoms with Crippen molar-refractivity contribution >= 4 is 98.1 Å². The van der Waals surface area contributed by atoms with Crippen LogP contribution in [0.5, 0.6) is 5.75 Å². The van der Waals surface area contributed by atoms with Gasteiger partial charge in [0.15, 0.2) is 0 Å². The average molecular weight is 1470 g/mol. The summed E-state index contributed by atoms with van der Waals surface area (Å²) >= 11 is 0. The number of aliphatic hydroxyl groups excluding tert-OH is 1. The van der Waals surface area contributed by atoms with Crippen molar-refractivity contribution in [1.29, 1.82) is 0 Å². The minimum atomic E-state index is -5.75. The third kappa shape index (κ3) is 24.4. The van der Waals surface area contributed by atoms with E-state index in [0.29, 0.717) is 29.4 Å². The largest absolute Gasteiger partial charge is 0.490 e. The van der Waals surface area contributed by atoms with Crippen molar-refractivity contribution in [3.05, 3.63) is 110 Å². The highest BCUT2D eigenvalue weighted by Crippen LogP contribution is 2.66. The topological polar surface area (TPSA) is 503 Å². The number of phosphoric acid groups is 3. The zero-order valence-corrected chi connectivity index (χ0v) is 58.3. The molecule has 10 atom stereocenters. The number of ether oxygens (including phenoxy) is 2. The van der Waals surface area contributed by atoms with E-state index < -0.39 is 121 Å². The molecule has 0 radical (unpaired) electrons. The molecular weight excluding hydrogens is 1390 g/mol. The second-order valence-corrected chi connectivity index (χ2v) is 29.9. The lowest BCUT2D eigenvalue weighted by molar-refractivity contribution is -0.148. The van der Waals surface area contributed by atoms with Gasteiger partial charge in [0.25, 0.3) is 5.91 Å². The number of hydrogen-bond donors (Lipinski definition) is 13. The van der Waals surface area contributed by atoms with Crippen LogP contribution >= 0.6 is 45.1 Å². The molecule has 1 aromatic heterocycles. The molecule has 14 N–H and O–H groups in total. The molecule has 38 heteroatoms. The molecule has 1 aliphatic carbocycles. The number of hydrogen-bond acceptors (Lipinski definition) is 23. The Morgan fingerprint density at radius 1 is 0.888 bits per heavy atom. The first-order valence-corrected chi connectivity index (χ1v) is 37.8. The molecule has 6 rings (SSSR count). The second kappa shape index (κ2) is 36.8. The second-order valence-electron chi connectivity index (χ2n) is 22.8. The number of allylic oxidation sites excluding steroid dienone is 3. The monoisotopic (exact) mass is 1470 g/mol. The number of aromatic nitrogens is 2. The molecule has 2 aromatic carbocycles. The lowest BCUT2D eigenvalue weighted by Gasteiger charge is -2.38.